The quantitative estimate of drug-likeness (QED) is 0.468. The summed E-state index contributed by atoms with van der Waals surface area (Å²) in [5.41, 5.74) is 2.69. The van der Waals surface area contributed by atoms with Gasteiger partial charge >= 0.3 is 0 Å². The van der Waals surface area contributed by atoms with Crippen LogP contribution < -0.4 is 0 Å². The van der Waals surface area contributed by atoms with Crippen molar-refractivity contribution in [2.45, 2.75) is 26.9 Å². The fourth-order valence-electron chi connectivity index (χ4n) is 0.940. The van der Waals surface area contributed by atoms with E-state index in [9.17, 15) is 0 Å². The Morgan fingerprint density at radius 1 is 0.688 bits per heavy atom. The Kier molecular flexibility index (Phi) is 14.6. The summed E-state index contributed by atoms with van der Waals surface area (Å²) in [5.74, 6) is 0. The van der Waals surface area contributed by atoms with Gasteiger partial charge in [0, 0.05) is 35.4 Å². The third-order valence-corrected chi connectivity index (χ3v) is 1.66. The smallest absolute Gasteiger partial charge is 0.0213 e. The molecule has 0 saturated heterocycles. The normalized spacial score (nSPS) is 7.75. The van der Waals surface area contributed by atoms with Gasteiger partial charge in [0.25, 0.3) is 0 Å². The molecule has 0 aliphatic carbocycles. The molecule has 0 aromatic heterocycles. The summed E-state index contributed by atoms with van der Waals surface area (Å²) >= 11 is 0. The Bertz CT molecular complexity index is 263. The van der Waals surface area contributed by atoms with E-state index in [1.54, 1.807) is 0 Å². The molecule has 16 heavy (non-hydrogen) atoms. The molecule has 0 unspecified atom stereocenters. The molecule has 2 heteroatoms. The first kappa shape index (κ1) is 18.2. The molecule has 0 spiro atoms. The molecule has 1 radical (unpaired) electrons. The van der Waals surface area contributed by atoms with E-state index in [4.69, 9.17) is 0 Å². The first-order valence-corrected chi connectivity index (χ1v) is 7.62. The van der Waals surface area contributed by atoms with Crippen molar-refractivity contribution in [3.05, 3.63) is 59.7 Å². The second-order valence-corrected chi connectivity index (χ2v) is 4.66. The van der Waals surface area contributed by atoms with E-state index in [2.05, 4.69) is 51.2 Å². The number of aryl methyl sites for hydroxylation is 2. The van der Waals surface area contributed by atoms with Gasteiger partial charge in [-0.2, -0.15) is 35.4 Å². The SMILES string of the molecule is C[SiH]C.C[c-]1cccc1.C[c-]1cccc1.[Hf]. The summed E-state index contributed by atoms with van der Waals surface area (Å²) < 4.78 is 0. The molecule has 0 aliphatic rings. The zero-order valence-electron chi connectivity index (χ0n) is 10.7. The third kappa shape index (κ3) is 11.9. The Labute approximate surface area is 121 Å². The van der Waals surface area contributed by atoms with Crippen LogP contribution in [-0.2, 0) is 25.8 Å². The third-order valence-electron chi connectivity index (χ3n) is 1.66. The van der Waals surface area contributed by atoms with Crippen LogP contribution in [-0.4, -0.2) is 9.52 Å². The maximum atomic E-state index is 2.21. The molecule has 2 aromatic carbocycles. The van der Waals surface area contributed by atoms with Crippen molar-refractivity contribution in [3.63, 3.8) is 0 Å². The summed E-state index contributed by atoms with van der Waals surface area (Å²) in [7, 11) is 0.750. The summed E-state index contributed by atoms with van der Waals surface area (Å²) in [6.45, 7) is 8.58. The molecule has 2 rings (SSSR count). The van der Waals surface area contributed by atoms with Gasteiger partial charge in [0.1, 0.15) is 0 Å². The monoisotopic (exact) mass is 397 g/mol. The van der Waals surface area contributed by atoms with Crippen molar-refractivity contribution >= 4 is 9.52 Å². The van der Waals surface area contributed by atoms with E-state index in [0.717, 1.165) is 9.52 Å². The molecule has 87 valence electrons. The molecule has 0 N–H and O–H groups in total. The fraction of sp³-hybridized carbons (Fsp3) is 0.286. The summed E-state index contributed by atoms with van der Waals surface area (Å²) in [6.07, 6.45) is 0. The summed E-state index contributed by atoms with van der Waals surface area (Å²) in [4.78, 5) is 0. The Hall–Kier alpha value is -0.213. The molecule has 0 saturated carbocycles. The molecule has 0 heterocycles. The van der Waals surface area contributed by atoms with Crippen LogP contribution in [0.15, 0.2) is 48.5 Å². The summed E-state index contributed by atoms with van der Waals surface area (Å²) in [6, 6.07) is 16.5. The Morgan fingerprint density at radius 3 is 0.938 bits per heavy atom. The van der Waals surface area contributed by atoms with Gasteiger partial charge in [-0.25, -0.2) is 24.3 Å². The largest absolute Gasteiger partial charge is 0.213 e. The second-order valence-electron chi connectivity index (χ2n) is 3.50. The number of hydrogen-bond donors (Lipinski definition) is 0. The predicted octanol–water partition coefficient (Wildman–Crippen LogP) is 3.94. The van der Waals surface area contributed by atoms with Crippen LogP contribution in [0.25, 0.3) is 0 Å². The maximum absolute atomic E-state index is 2.21. The van der Waals surface area contributed by atoms with Crippen LogP contribution in [0.3, 0.4) is 0 Å². The standard InChI is InChI=1S/2C6H7.C2H7Si.Hf/c2*1-6-4-2-3-5-6;1-3-2;/h2*2-5H,1H3;3H,1-2H3;/q2*-1;;. The zero-order chi connectivity index (χ0) is 11.5. The van der Waals surface area contributed by atoms with Gasteiger partial charge in [-0.3, -0.25) is 0 Å². The van der Waals surface area contributed by atoms with E-state index in [1.165, 1.54) is 11.1 Å². The van der Waals surface area contributed by atoms with Gasteiger partial charge in [-0.05, 0) is 0 Å². The van der Waals surface area contributed by atoms with Crippen LogP contribution in [0.2, 0.25) is 13.1 Å². The molecule has 0 bridgehead atoms. The Morgan fingerprint density at radius 2 is 0.875 bits per heavy atom. The summed E-state index contributed by atoms with van der Waals surface area (Å²) in [5, 5.41) is 0. The predicted molar refractivity (Wildman–Crippen MR) is 72.4 cm³/mol. The van der Waals surface area contributed by atoms with Crippen LogP contribution >= 0.6 is 0 Å². The van der Waals surface area contributed by atoms with Crippen molar-refractivity contribution in [1.82, 2.24) is 0 Å². The van der Waals surface area contributed by atoms with E-state index in [1.807, 2.05) is 24.3 Å². The van der Waals surface area contributed by atoms with Gasteiger partial charge in [-0.1, -0.05) is 26.9 Å². The van der Waals surface area contributed by atoms with E-state index < -0.39 is 0 Å². The van der Waals surface area contributed by atoms with E-state index in [0.29, 0.717) is 0 Å². The van der Waals surface area contributed by atoms with Crippen LogP contribution in [0, 0.1) is 13.8 Å². The minimum absolute atomic E-state index is 0. The van der Waals surface area contributed by atoms with Crippen molar-refractivity contribution in [1.29, 1.82) is 0 Å². The number of hydrogen-bond acceptors (Lipinski definition) is 0. The average Bonchev–Trinajstić information content (AvgIpc) is 2.81. The molecule has 0 aliphatic heterocycles. The number of rotatable bonds is 0. The minimum Gasteiger partial charge on any atom is -0.213 e. The van der Waals surface area contributed by atoms with Crippen molar-refractivity contribution in [2.24, 2.45) is 0 Å². The molecule has 0 fully saturated rings. The van der Waals surface area contributed by atoms with Crippen LogP contribution in [0.1, 0.15) is 11.1 Å². The van der Waals surface area contributed by atoms with Gasteiger partial charge in [0.2, 0.25) is 0 Å². The topological polar surface area (TPSA) is 0 Å². The van der Waals surface area contributed by atoms with Gasteiger partial charge in [0.05, 0.1) is 0 Å². The van der Waals surface area contributed by atoms with Gasteiger partial charge < -0.3 is 0 Å². The van der Waals surface area contributed by atoms with E-state index >= 15 is 0 Å². The average molecular weight is 396 g/mol. The van der Waals surface area contributed by atoms with E-state index in [-0.39, 0.29) is 25.8 Å². The molecule has 2 aromatic rings. The van der Waals surface area contributed by atoms with Crippen molar-refractivity contribution < 1.29 is 25.8 Å². The fourth-order valence-corrected chi connectivity index (χ4v) is 0.940. The molecule has 0 atom stereocenters. The van der Waals surface area contributed by atoms with Crippen LogP contribution in [0.4, 0.5) is 0 Å². The van der Waals surface area contributed by atoms with Gasteiger partial charge in [0.15, 0.2) is 0 Å². The Balaban J connectivity index is 0. The van der Waals surface area contributed by atoms with Crippen molar-refractivity contribution in [3.8, 4) is 0 Å². The van der Waals surface area contributed by atoms with Gasteiger partial charge in [-0.15, -0.1) is 0 Å². The second kappa shape index (κ2) is 12.9. The molecule has 0 amide bonds. The first-order valence-electron chi connectivity index (χ1n) is 5.31. The zero-order valence-corrected chi connectivity index (χ0v) is 15.4. The molecular weight excluding hydrogens is 375 g/mol. The maximum Gasteiger partial charge on any atom is 0.0213 e. The molecular formula is C14H21HfSi-2. The van der Waals surface area contributed by atoms with Crippen LogP contribution in [0.5, 0.6) is 0 Å². The first-order chi connectivity index (χ1) is 7.20. The van der Waals surface area contributed by atoms with Crippen molar-refractivity contribution in [2.75, 3.05) is 0 Å². The minimum atomic E-state index is 0. The molecule has 0 nitrogen and oxygen atoms in total.